The van der Waals surface area contributed by atoms with Crippen molar-refractivity contribution in [3.05, 3.63) is 35.4 Å². The Kier molecular flexibility index (Phi) is 4.23. The van der Waals surface area contributed by atoms with Gasteiger partial charge < -0.3 is 9.64 Å². The van der Waals surface area contributed by atoms with E-state index in [1.54, 1.807) is 17.0 Å². The van der Waals surface area contributed by atoms with Crippen LogP contribution < -0.4 is 0 Å². The van der Waals surface area contributed by atoms with Gasteiger partial charge in [0.1, 0.15) is 0 Å². The number of carbonyl (C=O) groups is 2. The monoisotopic (exact) mass is 275 g/mol. The molecule has 108 valence electrons. The Balaban J connectivity index is 2.10. The molecule has 1 aliphatic heterocycles. The fourth-order valence-electron chi connectivity index (χ4n) is 2.16. The van der Waals surface area contributed by atoms with Crippen LogP contribution in [-0.4, -0.2) is 42.9 Å². The lowest BCUT2D eigenvalue weighted by atomic mass is 9.86. The maximum absolute atomic E-state index is 12.2. The lowest BCUT2D eigenvalue weighted by molar-refractivity contribution is -0.130. The van der Waals surface area contributed by atoms with E-state index in [0.717, 1.165) is 5.56 Å². The third-order valence-electron chi connectivity index (χ3n) is 3.51. The third-order valence-corrected chi connectivity index (χ3v) is 3.51. The number of rotatable bonds is 2. The van der Waals surface area contributed by atoms with Crippen molar-refractivity contribution in [2.24, 2.45) is 0 Å². The minimum Gasteiger partial charge on any atom is -0.378 e. The second-order valence-corrected chi connectivity index (χ2v) is 6.06. The predicted octanol–water partition coefficient (Wildman–Crippen LogP) is 2.03. The lowest BCUT2D eigenvalue weighted by Gasteiger charge is -2.26. The summed E-state index contributed by atoms with van der Waals surface area (Å²) in [6.07, 6.45) is 0. The third kappa shape index (κ3) is 3.25. The lowest BCUT2D eigenvalue weighted by Crippen LogP contribution is -2.44. The number of ether oxygens (including phenoxy) is 1. The van der Waals surface area contributed by atoms with Gasteiger partial charge in [-0.3, -0.25) is 9.59 Å². The van der Waals surface area contributed by atoms with E-state index in [4.69, 9.17) is 4.74 Å². The van der Waals surface area contributed by atoms with E-state index in [1.807, 2.05) is 12.1 Å². The van der Waals surface area contributed by atoms with Crippen LogP contribution in [0.3, 0.4) is 0 Å². The summed E-state index contributed by atoms with van der Waals surface area (Å²) in [6.45, 7) is 8.33. The molecule has 1 heterocycles. The summed E-state index contributed by atoms with van der Waals surface area (Å²) in [5, 5.41) is 0. The van der Waals surface area contributed by atoms with Crippen molar-refractivity contribution in [2.75, 3.05) is 26.3 Å². The van der Waals surface area contributed by atoms with Gasteiger partial charge in [-0.2, -0.15) is 0 Å². The molecule has 4 heteroatoms. The van der Waals surface area contributed by atoms with Crippen LogP contribution in [0.5, 0.6) is 0 Å². The summed E-state index contributed by atoms with van der Waals surface area (Å²) in [5.74, 6) is -0.871. The smallest absolute Gasteiger partial charge is 0.295 e. The Morgan fingerprint density at radius 1 is 1.05 bits per heavy atom. The Bertz CT molecular complexity index is 493. The van der Waals surface area contributed by atoms with Crippen molar-refractivity contribution in [1.29, 1.82) is 0 Å². The first kappa shape index (κ1) is 14.7. The molecule has 0 atom stereocenters. The number of carbonyl (C=O) groups excluding carboxylic acids is 2. The molecular weight excluding hydrogens is 254 g/mol. The molecule has 0 aromatic heterocycles. The number of ketones is 1. The summed E-state index contributed by atoms with van der Waals surface area (Å²) >= 11 is 0. The van der Waals surface area contributed by atoms with Gasteiger partial charge >= 0.3 is 0 Å². The topological polar surface area (TPSA) is 46.6 Å². The minimum atomic E-state index is -0.438. The zero-order chi connectivity index (χ0) is 14.8. The van der Waals surface area contributed by atoms with Gasteiger partial charge in [-0.05, 0) is 11.0 Å². The summed E-state index contributed by atoms with van der Waals surface area (Å²) < 4.78 is 5.18. The van der Waals surface area contributed by atoms with E-state index in [1.165, 1.54) is 0 Å². The van der Waals surface area contributed by atoms with E-state index in [9.17, 15) is 9.59 Å². The van der Waals surface area contributed by atoms with E-state index in [0.29, 0.717) is 31.9 Å². The van der Waals surface area contributed by atoms with Crippen LogP contribution in [0.2, 0.25) is 0 Å². The van der Waals surface area contributed by atoms with Crippen molar-refractivity contribution in [2.45, 2.75) is 26.2 Å². The van der Waals surface area contributed by atoms with Crippen molar-refractivity contribution in [3.8, 4) is 0 Å². The molecule has 0 spiro atoms. The predicted molar refractivity (Wildman–Crippen MR) is 76.9 cm³/mol. The number of benzene rings is 1. The van der Waals surface area contributed by atoms with Crippen LogP contribution in [0.15, 0.2) is 24.3 Å². The molecule has 1 aliphatic rings. The molecule has 1 fully saturated rings. The van der Waals surface area contributed by atoms with Gasteiger partial charge in [0.05, 0.1) is 13.2 Å². The van der Waals surface area contributed by atoms with Gasteiger partial charge in [0, 0.05) is 18.7 Å². The van der Waals surface area contributed by atoms with Crippen molar-refractivity contribution in [1.82, 2.24) is 4.90 Å². The molecule has 20 heavy (non-hydrogen) atoms. The molecule has 2 rings (SSSR count). The number of nitrogens with zero attached hydrogens (tertiary/aromatic N) is 1. The number of amides is 1. The van der Waals surface area contributed by atoms with E-state index in [2.05, 4.69) is 20.8 Å². The molecule has 0 bridgehead atoms. The van der Waals surface area contributed by atoms with Crippen molar-refractivity contribution < 1.29 is 14.3 Å². The van der Waals surface area contributed by atoms with Gasteiger partial charge in [0.2, 0.25) is 5.78 Å². The van der Waals surface area contributed by atoms with Crippen molar-refractivity contribution >= 4 is 11.7 Å². The van der Waals surface area contributed by atoms with Crippen LogP contribution in [0.1, 0.15) is 36.7 Å². The molecule has 0 saturated carbocycles. The standard InChI is InChI=1S/C16H21NO3/c1-16(2,3)13-6-4-12(5-7-13)14(18)15(19)17-8-10-20-11-9-17/h4-7H,8-11H2,1-3H3. The Hall–Kier alpha value is -1.68. The summed E-state index contributed by atoms with van der Waals surface area (Å²) in [7, 11) is 0. The minimum absolute atomic E-state index is 0.0375. The molecule has 1 saturated heterocycles. The van der Waals surface area contributed by atoms with Gasteiger partial charge in [0.15, 0.2) is 0 Å². The molecule has 1 aromatic carbocycles. The SMILES string of the molecule is CC(C)(C)c1ccc(C(=O)C(=O)N2CCOCC2)cc1. The van der Waals surface area contributed by atoms with E-state index in [-0.39, 0.29) is 5.41 Å². The van der Waals surface area contributed by atoms with Crippen LogP contribution in [0.25, 0.3) is 0 Å². The quantitative estimate of drug-likeness (QED) is 0.613. The second kappa shape index (κ2) is 5.75. The largest absolute Gasteiger partial charge is 0.378 e. The maximum Gasteiger partial charge on any atom is 0.295 e. The van der Waals surface area contributed by atoms with Gasteiger partial charge in [-0.25, -0.2) is 0 Å². The highest BCUT2D eigenvalue weighted by atomic mass is 16.5. The highest BCUT2D eigenvalue weighted by molar-refractivity contribution is 6.42. The maximum atomic E-state index is 12.2. The second-order valence-electron chi connectivity index (χ2n) is 6.06. The molecule has 0 unspecified atom stereocenters. The average Bonchev–Trinajstić information content (AvgIpc) is 2.46. The Labute approximate surface area is 119 Å². The zero-order valence-electron chi connectivity index (χ0n) is 12.3. The number of morpholine rings is 1. The van der Waals surface area contributed by atoms with Crippen LogP contribution in [-0.2, 0) is 14.9 Å². The number of hydrogen-bond acceptors (Lipinski definition) is 3. The summed E-state index contributed by atoms with van der Waals surface area (Å²) in [6, 6.07) is 7.31. The molecule has 0 N–H and O–H groups in total. The zero-order valence-corrected chi connectivity index (χ0v) is 12.3. The molecule has 1 aromatic rings. The van der Waals surface area contributed by atoms with Crippen LogP contribution >= 0.6 is 0 Å². The Morgan fingerprint density at radius 2 is 1.60 bits per heavy atom. The van der Waals surface area contributed by atoms with E-state index < -0.39 is 11.7 Å². The van der Waals surface area contributed by atoms with Crippen LogP contribution in [0, 0.1) is 0 Å². The average molecular weight is 275 g/mol. The number of Topliss-reactive ketones (excluding diaryl/α,β-unsaturated/α-hetero) is 1. The van der Waals surface area contributed by atoms with Crippen LogP contribution in [0.4, 0.5) is 0 Å². The first-order valence-electron chi connectivity index (χ1n) is 6.91. The van der Waals surface area contributed by atoms with Crippen molar-refractivity contribution in [3.63, 3.8) is 0 Å². The van der Waals surface area contributed by atoms with Gasteiger partial charge in [-0.1, -0.05) is 45.0 Å². The molecule has 0 aliphatic carbocycles. The highest BCUT2D eigenvalue weighted by Crippen LogP contribution is 2.22. The van der Waals surface area contributed by atoms with Gasteiger partial charge in [0.25, 0.3) is 5.91 Å². The fourth-order valence-corrected chi connectivity index (χ4v) is 2.16. The van der Waals surface area contributed by atoms with E-state index >= 15 is 0 Å². The highest BCUT2D eigenvalue weighted by Gasteiger charge is 2.25. The molecule has 4 nitrogen and oxygen atoms in total. The molecule has 0 radical (unpaired) electrons. The first-order valence-corrected chi connectivity index (χ1v) is 6.91. The fraction of sp³-hybridized carbons (Fsp3) is 0.500. The van der Waals surface area contributed by atoms with Gasteiger partial charge in [-0.15, -0.1) is 0 Å². The normalized spacial score (nSPS) is 16.1. The number of hydrogen-bond donors (Lipinski definition) is 0. The summed E-state index contributed by atoms with van der Waals surface area (Å²) in [4.78, 5) is 25.8. The molecule has 1 amide bonds. The first-order chi connectivity index (χ1) is 9.39. The Morgan fingerprint density at radius 3 is 2.10 bits per heavy atom. The summed E-state index contributed by atoms with van der Waals surface area (Å²) in [5.41, 5.74) is 1.64. The molecular formula is C16H21NO3.